The highest BCUT2D eigenvalue weighted by molar-refractivity contribution is 5.57. The van der Waals surface area contributed by atoms with E-state index in [9.17, 15) is 13.2 Å². The number of halogens is 3. The van der Waals surface area contributed by atoms with E-state index >= 15 is 0 Å². The molecule has 0 amide bonds. The summed E-state index contributed by atoms with van der Waals surface area (Å²) in [5, 5.41) is 5.93. The van der Waals surface area contributed by atoms with Gasteiger partial charge < -0.3 is 15.5 Å². The van der Waals surface area contributed by atoms with Crippen molar-refractivity contribution >= 4 is 23.5 Å². The van der Waals surface area contributed by atoms with E-state index in [0.717, 1.165) is 17.7 Å². The first kappa shape index (κ1) is 19.4. The average Bonchev–Trinajstić information content (AvgIpc) is 2.66. The van der Waals surface area contributed by atoms with Crippen LogP contribution >= 0.6 is 0 Å². The van der Waals surface area contributed by atoms with Crippen LogP contribution < -0.4 is 15.5 Å². The van der Waals surface area contributed by atoms with Crippen LogP contribution in [0, 0.1) is 0 Å². The van der Waals surface area contributed by atoms with E-state index in [0.29, 0.717) is 18.4 Å². The number of nitrogens with zero attached hydrogens (tertiary/aromatic N) is 4. The maximum Gasteiger partial charge on any atom is 0.416 e. The predicted octanol–water partition coefficient (Wildman–Crippen LogP) is 4.31. The number of alkyl halides is 3. The summed E-state index contributed by atoms with van der Waals surface area (Å²) < 4.78 is 38.7. The normalized spacial score (nSPS) is 11.2. The summed E-state index contributed by atoms with van der Waals surface area (Å²) in [6.07, 6.45) is -4.42. The molecule has 9 heteroatoms. The van der Waals surface area contributed by atoms with Crippen LogP contribution in [0.15, 0.2) is 54.6 Å². The van der Waals surface area contributed by atoms with Crippen molar-refractivity contribution < 1.29 is 13.2 Å². The molecule has 1 heterocycles. The maximum absolute atomic E-state index is 12.9. The minimum atomic E-state index is -4.42. The van der Waals surface area contributed by atoms with E-state index in [1.54, 1.807) is 19.0 Å². The third kappa shape index (κ3) is 5.09. The summed E-state index contributed by atoms with van der Waals surface area (Å²) in [5.41, 5.74) is 0.531. The molecular weight excluding hydrogens is 369 g/mol. The van der Waals surface area contributed by atoms with E-state index in [2.05, 4.69) is 25.6 Å². The van der Waals surface area contributed by atoms with E-state index in [-0.39, 0.29) is 11.6 Å². The molecule has 0 atom stereocenters. The molecule has 0 saturated heterocycles. The Morgan fingerprint density at radius 2 is 1.61 bits per heavy atom. The summed E-state index contributed by atoms with van der Waals surface area (Å²) in [6.45, 7) is 0.501. The Labute approximate surface area is 160 Å². The number of aromatic nitrogens is 3. The SMILES string of the molecule is CN(C)c1nc(NCc2ccccc2)nc(Nc2cccc(C(F)(F)F)c2)n1. The molecule has 0 unspecified atom stereocenters. The number of hydrogen-bond donors (Lipinski definition) is 2. The zero-order valence-corrected chi connectivity index (χ0v) is 15.3. The lowest BCUT2D eigenvalue weighted by atomic mass is 10.2. The van der Waals surface area contributed by atoms with Gasteiger partial charge in [0.05, 0.1) is 5.56 Å². The smallest absolute Gasteiger partial charge is 0.350 e. The molecule has 2 N–H and O–H groups in total. The monoisotopic (exact) mass is 388 g/mol. The van der Waals surface area contributed by atoms with Gasteiger partial charge in [-0.05, 0) is 23.8 Å². The molecule has 6 nitrogen and oxygen atoms in total. The van der Waals surface area contributed by atoms with E-state index in [1.807, 2.05) is 30.3 Å². The van der Waals surface area contributed by atoms with Crippen molar-refractivity contribution in [3.63, 3.8) is 0 Å². The van der Waals surface area contributed by atoms with Gasteiger partial charge in [0, 0.05) is 26.3 Å². The number of nitrogens with one attached hydrogen (secondary N) is 2. The van der Waals surface area contributed by atoms with E-state index in [4.69, 9.17) is 0 Å². The molecule has 0 aliphatic heterocycles. The minimum absolute atomic E-state index is 0.147. The largest absolute Gasteiger partial charge is 0.416 e. The Morgan fingerprint density at radius 3 is 2.29 bits per heavy atom. The van der Waals surface area contributed by atoms with Gasteiger partial charge in [-0.1, -0.05) is 36.4 Å². The van der Waals surface area contributed by atoms with Crippen molar-refractivity contribution in [2.75, 3.05) is 29.6 Å². The Morgan fingerprint density at radius 1 is 0.893 bits per heavy atom. The molecule has 0 spiro atoms. The third-order valence-electron chi connectivity index (χ3n) is 3.76. The second kappa shape index (κ2) is 8.12. The lowest BCUT2D eigenvalue weighted by molar-refractivity contribution is -0.137. The van der Waals surface area contributed by atoms with Crippen LogP contribution in [0.2, 0.25) is 0 Å². The predicted molar refractivity (Wildman–Crippen MR) is 103 cm³/mol. The number of benzene rings is 2. The van der Waals surface area contributed by atoms with Crippen molar-refractivity contribution in [1.29, 1.82) is 0 Å². The number of rotatable bonds is 6. The summed E-state index contributed by atoms with van der Waals surface area (Å²) in [7, 11) is 3.54. The molecular formula is C19H19F3N6. The number of anilines is 4. The average molecular weight is 388 g/mol. The fraction of sp³-hybridized carbons (Fsp3) is 0.211. The van der Waals surface area contributed by atoms with E-state index < -0.39 is 11.7 Å². The van der Waals surface area contributed by atoms with Gasteiger partial charge in [0.1, 0.15) is 0 Å². The Kier molecular flexibility index (Phi) is 5.62. The van der Waals surface area contributed by atoms with Crippen LogP contribution in [0.4, 0.5) is 36.7 Å². The Balaban J connectivity index is 1.83. The molecule has 0 aliphatic carbocycles. The van der Waals surface area contributed by atoms with Gasteiger partial charge in [0.2, 0.25) is 17.8 Å². The molecule has 0 saturated carbocycles. The fourth-order valence-corrected chi connectivity index (χ4v) is 2.38. The van der Waals surface area contributed by atoms with Crippen molar-refractivity contribution in [2.45, 2.75) is 12.7 Å². The zero-order valence-electron chi connectivity index (χ0n) is 15.3. The first-order chi connectivity index (χ1) is 13.3. The highest BCUT2D eigenvalue weighted by Crippen LogP contribution is 2.31. The standard InChI is InChI=1S/C19H19F3N6/c1-28(2)18-26-16(23-12-13-7-4-3-5-8-13)25-17(27-18)24-15-10-6-9-14(11-15)19(20,21)22/h3-11H,12H2,1-2H3,(H2,23,24,25,26,27). The van der Waals surface area contributed by atoms with Crippen LogP contribution in [-0.4, -0.2) is 29.0 Å². The molecule has 0 bridgehead atoms. The van der Waals surface area contributed by atoms with Crippen molar-refractivity contribution in [3.05, 3.63) is 65.7 Å². The van der Waals surface area contributed by atoms with Gasteiger partial charge in [-0.15, -0.1) is 0 Å². The van der Waals surface area contributed by atoms with Gasteiger partial charge in [0.25, 0.3) is 0 Å². The van der Waals surface area contributed by atoms with E-state index in [1.165, 1.54) is 12.1 Å². The van der Waals surface area contributed by atoms with Gasteiger partial charge in [-0.25, -0.2) is 0 Å². The van der Waals surface area contributed by atoms with Crippen molar-refractivity contribution in [2.24, 2.45) is 0 Å². The number of hydrogen-bond acceptors (Lipinski definition) is 6. The van der Waals surface area contributed by atoms with Crippen LogP contribution in [0.1, 0.15) is 11.1 Å². The molecule has 3 rings (SSSR count). The summed E-state index contributed by atoms with van der Waals surface area (Å²) in [5.74, 6) is 0.839. The fourth-order valence-electron chi connectivity index (χ4n) is 2.38. The van der Waals surface area contributed by atoms with Crippen molar-refractivity contribution in [3.8, 4) is 0 Å². The highest BCUT2D eigenvalue weighted by Gasteiger charge is 2.30. The second-order valence-corrected chi connectivity index (χ2v) is 6.22. The lowest BCUT2D eigenvalue weighted by Crippen LogP contribution is -2.16. The first-order valence-corrected chi connectivity index (χ1v) is 8.47. The Hall–Kier alpha value is -3.36. The maximum atomic E-state index is 12.9. The first-order valence-electron chi connectivity index (χ1n) is 8.47. The molecule has 28 heavy (non-hydrogen) atoms. The second-order valence-electron chi connectivity index (χ2n) is 6.22. The third-order valence-corrected chi connectivity index (χ3v) is 3.76. The van der Waals surface area contributed by atoms with Crippen LogP contribution in [0.25, 0.3) is 0 Å². The van der Waals surface area contributed by atoms with Gasteiger partial charge in [0.15, 0.2) is 0 Å². The topological polar surface area (TPSA) is 66.0 Å². The van der Waals surface area contributed by atoms with Gasteiger partial charge in [-0.3, -0.25) is 0 Å². The van der Waals surface area contributed by atoms with Crippen LogP contribution in [0.5, 0.6) is 0 Å². The van der Waals surface area contributed by atoms with Crippen molar-refractivity contribution in [1.82, 2.24) is 15.0 Å². The van der Waals surface area contributed by atoms with Gasteiger partial charge in [-0.2, -0.15) is 28.1 Å². The molecule has 2 aromatic carbocycles. The quantitative estimate of drug-likeness (QED) is 0.656. The highest BCUT2D eigenvalue weighted by atomic mass is 19.4. The molecule has 0 aliphatic rings. The summed E-state index contributed by atoms with van der Waals surface area (Å²) in [6, 6.07) is 14.6. The molecule has 146 valence electrons. The molecule has 0 fully saturated rings. The molecule has 1 aromatic heterocycles. The summed E-state index contributed by atoms with van der Waals surface area (Å²) in [4.78, 5) is 14.5. The minimum Gasteiger partial charge on any atom is -0.350 e. The Bertz CT molecular complexity index is 928. The molecule has 0 radical (unpaired) electrons. The van der Waals surface area contributed by atoms with Crippen LogP contribution in [0.3, 0.4) is 0 Å². The lowest BCUT2D eigenvalue weighted by Gasteiger charge is -2.15. The van der Waals surface area contributed by atoms with Crippen LogP contribution in [-0.2, 0) is 12.7 Å². The molecule has 3 aromatic rings. The summed E-state index contributed by atoms with van der Waals surface area (Å²) >= 11 is 0. The van der Waals surface area contributed by atoms with Gasteiger partial charge >= 0.3 is 6.18 Å². The zero-order chi connectivity index (χ0) is 20.1.